The van der Waals surface area contributed by atoms with Gasteiger partial charge in [-0.1, -0.05) is 29.8 Å². The summed E-state index contributed by atoms with van der Waals surface area (Å²) >= 11 is 0. The SMILES string of the molecule is Cc1ccc(C(=O)N[C@@H](C)C(=O)Nc2nc3ccccc3[nH]2)cc1. The van der Waals surface area contributed by atoms with Gasteiger partial charge < -0.3 is 10.3 Å². The molecule has 0 unspecified atom stereocenters. The fourth-order valence-corrected chi connectivity index (χ4v) is 2.29. The maximum absolute atomic E-state index is 12.2. The summed E-state index contributed by atoms with van der Waals surface area (Å²) in [6.07, 6.45) is 0. The lowest BCUT2D eigenvalue weighted by Gasteiger charge is -2.13. The molecule has 3 aromatic rings. The number of benzene rings is 2. The summed E-state index contributed by atoms with van der Waals surface area (Å²) in [6, 6.07) is 14.0. The van der Waals surface area contributed by atoms with Gasteiger partial charge >= 0.3 is 0 Å². The number of hydrogen-bond acceptors (Lipinski definition) is 3. The normalized spacial score (nSPS) is 11.9. The third-order valence-electron chi connectivity index (χ3n) is 3.69. The summed E-state index contributed by atoms with van der Waals surface area (Å²) in [5, 5.41) is 5.35. The molecule has 1 aromatic heterocycles. The fraction of sp³-hybridized carbons (Fsp3) is 0.167. The highest BCUT2D eigenvalue weighted by Crippen LogP contribution is 2.13. The molecule has 0 aliphatic rings. The van der Waals surface area contributed by atoms with Crippen LogP contribution in [0.1, 0.15) is 22.8 Å². The van der Waals surface area contributed by atoms with Crippen LogP contribution >= 0.6 is 0 Å². The van der Waals surface area contributed by atoms with E-state index in [0.717, 1.165) is 16.6 Å². The number of nitrogens with one attached hydrogen (secondary N) is 3. The number of carbonyl (C=O) groups excluding carboxylic acids is 2. The highest BCUT2D eigenvalue weighted by molar-refractivity contribution is 6.00. The Labute approximate surface area is 139 Å². The number of hydrogen-bond donors (Lipinski definition) is 3. The molecule has 0 radical (unpaired) electrons. The van der Waals surface area contributed by atoms with Gasteiger partial charge in [0.05, 0.1) is 11.0 Å². The number of H-pyrrole nitrogens is 1. The van der Waals surface area contributed by atoms with E-state index in [9.17, 15) is 9.59 Å². The van der Waals surface area contributed by atoms with Gasteiger partial charge in [-0.25, -0.2) is 4.98 Å². The van der Waals surface area contributed by atoms with Crippen LogP contribution in [-0.4, -0.2) is 27.8 Å². The van der Waals surface area contributed by atoms with Crippen molar-refractivity contribution < 1.29 is 9.59 Å². The first-order valence-corrected chi connectivity index (χ1v) is 7.66. The number of aromatic nitrogens is 2. The minimum absolute atomic E-state index is 0.290. The summed E-state index contributed by atoms with van der Waals surface area (Å²) in [5.74, 6) is -0.269. The van der Waals surface area contributed by atoms with Gasteiger partial charge in [-0.05, 0) is 38.1 Å². The number of nitrogens with zero attached hydrogens (tertiary/aromatic N) is 1. The molecular weight excluding hydrogens is 304 g/mol. The van der Waals surface area contributed by atoms with Crippen molar-refractivity contribution in [3.05, 3.63) is 59.7 Å². The first kappa shape index (κ1) is 15.7. The molecule has 0 saturated heterocycles. The van der Waals surface area contributed by atoms with Gasteiger partial charge in [0, 0.05) is 5.56 Å². The number of imidazole rings is 1. The molecule has 24 heavy (non-hydrogen) atoms. The second-order valence-corrected chi connectivity index (χ2v) is 5.65. The summed E-state index contributed by atoms with van der Waals surface area (Å²) in [5.41, 5.74) is 3.19. The Morgan fingerprint density at radius 1 is 1.08 bits per heavy atom. The van der Waals surface area contributed by atoms with Gasteiger partial charge in [-0.15, -0.1) is 0 Å². The van der Waals surface area contributed by atoms with Crippen molar-refractivity contribution >= 4 is 28.8 Å². The van der Waals surface area contributed by atoms with Crippen molar-refractivity contribution in [1.82, 2.24) is 15.3 Å². The molecule has 0 fully saturated rings. The molecule has 2 aromatic carbocycles. The molecule has 1 heterocycles. The molecule has 3 rings (SSSR count). The van der Waals surface area contributed by atoms with E-state index in [1.54, 1.807) is 19.1 Å². The van der Waals surface area contributed by atoms with Crippen molar-refractivity contribution in [3.8, 4) is 0 Å². The summed E-state index contributed by atoms with van der Waals surface area (Å²) in [4.78, 5) is 31.7. The molecule has 0 saturated carbocycles. The van der Waals surface area contributed by atoms with E-state index in [-0.39, 0.29) is 11.8 Å². The van der Waals surface area contributed by atoms with Crippen LogP contribution < -0.4 is 10.6 Å². The minimum atomic E-state index is -0.688. The number of rotatable bonds is 4. The standard InChI is InChI=1S/C18H18N4O2/c1-11-7-9-13(10-8-11)17(24)19-12(2)16(23)22-18-20-14-5-3-4-6-15(14)21-18/h3-10,12H,1-2H3,(H,19,24)(H2,20,21,22,23)/t12-/m0/s1. The van der Waals surface area contributed by atoms with Crippen molar-refractivity contribution in [2.24, 2.45) is 0 Å². The topological polar surface area (TPSA) is 86.9 Å². The highest BCUT2D eigenvalue weighted by Gasteiger charge is 2.17. The lowest BCUT2D eigenvalue weighted by Crippen LogP contribution is -2.41. The number of fused-ring (bicyclic) bond motifs is 1. The Hall–Kier alpha value is -3.15. The van der Waals surface area contributed by atoms with Gasteiger partial charge in [0.15, 0.2) is 0 Å². The zero-order valence-electron chi connectivity index (χ0n) is 13.5. The van der Waals surface area contributed by atoms with Gasteiger partial charge in [0.2, 0.25) is 11.9 Å². The van der Waals surface area contributed by atoms with Gasteiger partial charge in [-0.2, -0.15) is 0 Å². The number of carbonyl (C=O) groups is 2. The van der Waals surface area contributed by atoms with Gasteiger partial charge in [0.25, 0.3) is 5.91 Å². The van der Waals surface area contributed by atoms with E-state index in [4.69, 9.17) is 0 Å². The minimum Gasteiger partial charge on any atom is -0.341 e. The number of para-hydroxylation sites is 2. The molecule has 2 amide bonds. The molecule has 0 spiro atoms. The molecule has 6 nitrogen and oxygen atoms in total. The molecule has 122 valence electrons. The van der Waals surface area contributed by atoms with E-state index in [1.165, 1.54) is 0 Å². The zero-order valence-corrected chi connectivity index (χ0v) is 13.5. The van der Waals surface area contributed by atoms with E-state index in [0.29, 0.717) is 11.5 Å². The zero-order chi connectivity index (χ0) is 17.1. The summed E-state index contributed by atoms with van der Waals surface area (Å²) in [6.45, 7) is 3.58. The molecule has 0 aliphatic heterocycles. The predicted molar refractivity (Wildman–Crippen MR) is 92.8 cm³/mol. The van der Waals surface area contributed by atoms with Crippen molar-refractivity contribution in [2.75, 3.05) is 5.32 Å². The Bertz CT molecular complexity index is 850. The second-order valence-electron chi connectivity index (χ2n) is 5.65. The Balaban J connectivity index is 1.63. The van der Waals surface area contributed by atoms with Crippen molar-refractivity contribution in [3.63, 3.8) is 0 Å². The van der Waals surface area contributed by atoms with Gasteiger partial charge in [0.1, 0.15) is 6.04 Å². The van der Waals surface area contributed by atoms with E-state index < -0.39 is 6.04 Å². The summed E-state index contributed by atoms with van der Waals surface area (Å²) < 4.78 is 0. The Kier molecular flexibility index (Phi) is 4.29. The Morgan fingerprint density at radius 3 is 2.50 bits per heavy atom. The number of aromatic amines is 1. The van der Waals surface area contributed by atoms with Crippen molar-refractivity contribution in [2.45, 2.75) is 19.9 Å². The quantitative estimate of drug-likeness (QED) is 0.690. The third kappa shape index (κ3) is 3.43. The molecule has 0 bridgehead atoms. The summed E-state index contributed by atoms with van der Waals surface area (Å²) in [7, 11) is 0. The van der Waals surface area contributed by atoms with Crippen LogP contribution in [0, 0.1) is 6.92 Å². The van der Waals surface area contributed by atoms with Crippen LogP contribution in [0.25, 0.3) is 11.0 Å². The monoisotopic (exact) mass is 322 g/mol. The second kappa shape index (κ2) is 6.54. The third-order valence-corrected chi connectivity index (χ3v) is 3.69. The van der Waals surface area contributed by atoms with Crippen LogP contribution in [0.15, 0.2) is 48.5 Å². The van der Waals surface area contributed by atoms with Crippen LogP contribution in [0.4, 0.5) is 5.95 Å². The highest BCUT2D eigenvalue weighted by atomic mass is 16.2. The first-order chi connectivity index (χ1) is 11.5. The van der Waals surface area contributed by atoms with Crippen molar-refractivity contribution in [1.29, 1.82) is 0 Å². The molecular formula is C18H18N4O2. The molecule has 0 aliphatic carbocycles. The van der Waals surface area contributed by atoms with Crippen LogP contribution in [0.3, 0.4) is 0 Å². The fourth-order valence-electron chi connectivity index (χ4n) is 2.29. The smallest absolute Gasteiger partial charge is 0.251 e. The number of anilines is 1. The van der Waals surface area contributed by atoms with E-state index >= 15 is 0 Å². The molecule has 1 atom stereocenters. The average Bonchev–Trinajstić information content (AvgIpc) is 2.97. The maximum Gasteiger partial charge on any atom is 0.251 e. The van der Waals surface area contributed by atoms with Crippen LogP contribution in [0.2, 0.25) is 0 Å². The lowest BCUT2D eigenvalue weighted by molar-refractivity contribution is -0.117. The maximum atomic E-state index is 12.2. The number of aryl methyl sites for hydroxylation is 1. The van der Waals surface area contributed by atoms with E-state index in [2.05, 4.69) is 20.6 Å². The van der Waals surface area contributed by atoms with Crippen LogP contribution in [-0.2, 0) is 4.79 Å². The molecule has 3 N–H and O–H groups in total. The first-order valence-electron chi connectivity index (χ1n) is 7.66. The van der Waals surface area contributed by atoms with Gasteiger partial charge in [-0.3, -0.25) is 14.9 Å². The predicted octanol–water partition coefficient (Wildman–Crippen LogP) is 2.63. The average molecular weight is 322 g/mol. The largest absolute Gasteiger partial charge is 0.341 e. The lowest BCUT2D eigenvalue weighted by atomic mass is 10.1. The van der Waals surface area contributed by atoms with Crippen LogP contribution in [0.5, 0.6) is 0 Å². The molecule has 6 heteroatoms. The Morgan fingerprint density at radius 2 is 1.79 bits per heavy atom. The number of amides is 2. The van der Waals surface area contributed by atoms with E-state index in [1.807, 2.05) is 43.3 Å².